The normalized spacial score (nSPS) is 21.7. The summed E-state index contributed by atoms with van der Waals surface area (Å²) in [5.41, 5.74) is -0.265. The minimum Gasteiger partial charge on any atom is -0.368 e. The zero-order valence-corrected chi connectivity index (χ0v) is 16.5. The lowest BCUT2D eigenvalue weighted by Gasteiger charge is -2.37. The zero-order valence-electron chi connectivity index (χ0n) is 16.5. The average molecular weight is 367 g/mol. The van der Waals surface area contributed by atoms with E-state index in [0.29, 0.717) is 32.8 Å². The Balaban J connectivity index is 1.87. The molecule has 2 aliphatic rings. The second kappa shape index (κ2) is 9.21. The Hall–Kier alpha value is -1.83. The van der Waals surface area contributed by atoms with Crippen LogP contribution in [-0.4, -0.2) is 85.1 Å². The Morgan fingerprint density at radius 3 is 2.35 bits per heavy atom. The highest BCUT2D eigenvalue weighted by Crippen LogP contribution is 2.16. The second-order valence-corrected chi connectivity index (χ2v) is 7.78. The van der Waals surface area contributed by atoms with Gasteiger partial charge in [0, 0.05) is 44.9 Å². The number of amides is 2. The third-order valence-corrected chi connectivity index (χ3v) is 4.32. The predicted molar refractivity (Wildman–Crippen MR) is 101 cm³/mol. The van der Waals surface area contributed by atoms with Crippen LogP contribution in [0.25, 0.3) is 0 Å². The number of carbonyl (C=O) groups is 2. The van der Waals surface area contributed by atoms with Crippen molar-refractivity contribution >= 4 is 17.8 Å². The summed E-state index contributed by atoms with van der Waals surface area (Å²) in [6.45, 7) is 12.1. The number of aliphatic imine (C=N–C) groups is 1. The molecule has 148 valence electrons. The standard InChI is InChI=1S/C18H33N5O3/c1-5-19-17(20-13-15(24)21-18(2,3)4)23-10-8-22(9-11-23)16(25)14-7-6-12-26-14/h14H,5-13H2,1-4H3,(H,19,20)(H,21,24). The van der Waals surface area contributed by atoms with Crippen LogP contribution in [0.3, 0.4) is 0 Å². The van der Waals surface area contributed by atoms with Crippen LogP contribution in [0.1, 0.15) is 40.5 Å². The molecule has 2 rings (SSSR count). The van der Waals surface area contributed by atoms with Gasteiger partial charge in [0.2, 0.25) is 5.91 Å². The van der Waals surface area contributed by atoms with Gasteiger partial charge in [-0.1, -0.05) is 0 Å². The molecule has 2 N–H and O–H groups in total. The number of hydrogen-bond acceptors (Lipinski definition) is 4. The summed E-state index contributed by atoms with van der Waals surface area (Å²) in [7, 11) is 0. The predicted octanol–water partition coefficient (Wildman–Crippen LogP) is 0.190. The third kappa shape index (κ3) is 6.16. The summed E-state index contributed by atoms with van der Waals surface area (Å²) in [4.78, 5) is 32.9. The minimum atomic E-state index is -0.265. The monoisotopic (exact) mass is 367 g/mol. The van der Waals surface area contributed by atoms with Crippen LogP contribution in [-0.2, 0) is 14.3 Å². The molecule has 0 aromatic heterocycles. The topological polar surface area (TPSA) is 86.3 Å². The van der Waals surface area contributed by atoms with Crippen LogP contribution < -0.4 is 10.6 Å². The maximum absolute atomic E-state index is 12.4. The first-order valence-corrected chi connectivity index (χ1v) is 9.55. The van der Waals surface area contributed by atoms with Crippen LogP contribution in [0, 0.1) is 0 Å². The van der Waals surface area contributed by atoms with E-state index in [1.54, 1.807) is 0 Å². The van der Waals surface area contributed by atoms with Crippen molar-refractivity contribution in [2.24, 2.45) is 4.99 Å². The SMILES string of the molecule is CCNC(=NCC(=O)NC(C)(C)C)N1CCN(C(=O)C2CCCO2)CC1. The van der Waals surface area contributed by atoms with Gasteiger partial charge in [0.05, 0.1) is 0 Å². The largest absolute Gasteiger partial charge is 0.368 e. The quantitative estimate of drug-likeness (QED) is 0.547. The number of rotatable bonds is 4. The molecule has 8 nitrogen and oxygen atoms in total. The number of guanidine groups is 1. The van der Waals surface area contributed by atoms with Crippen LogP contribution in [0.2, 0.25) is 0 Å². The molecule has 2 fully saturated rings. The van der Waals surface area contributed by atoms with Crippen LogP contribution in [0.4, 0.5) is 0 Å². The number of nitrogens with zero attached hydrogens (tertiary/aromatic N) is 3. The molecule has 1 atom stereocenters. The van der Waals surface area contributed by atoms with Crippen molar-refractivity contribution in [3.05, 3.63) is 0 Å². The van der Waals surface area contributed by atoms with Crippen molar-refractivity contribution < 1.29 is 14.3 Å². The smallest absolute Gasteiger partial charge is 0.251 e. The van der Waals surface area contributed by atoms with E-state index in [1.165, 1.54) is 0 Å². The molecule has 0 spiro atoms. The Morgan fingerprint density at radius 1 is 1.15 bits per heavy atom. The number of ether oxygens (including phenoxy) is 1. The molecule has 0 aromatic rings. The van der Waals surface area contributed by atoms with Gasteiger partial charge < -0.3 is 25.2 Å². The molecule has 0 aliphatic carbocycles. The zero-order chi connectivity index (χ0) is 19.2. The van der Waals surface area contributed by atoms with Crippen molar-refractivity contribution in [2.75, 3.05) is 45.9 Å². The maximum atomic E-state index is 12.4. The van der Waals surface area contributed by atoms with Crippen LogP contribution in [0.5, 0.6) is 0 Å². The molecule has 2 heterocycles. The third-order valence-electron chi connectivity index (χ3n) is 4.32. The number of piperazine rings is 1. The van der Waals surface area contributed by atoms with E-state index in [2.05, 4.69) is 20.5 Å². The molecule has 0 bridgehead atoms. The average Bonchev–Trinajstić information content (AvgIpc) is 3.11. The van der Waals surface area contributed by atoms with E-state index in [-0.39, 0.29) is 30.0 Å². The molecular weight excluding hydrogens is 334 g/mol. The lowest BCUT2D eigenvalue weighted by molar-refractivity contribution is -0.142. The highest BCUT2D eigenvalue weighted by Gasteiger charge is 2.30. The number of carbonyl (C=O) groups excluding carboxylic acids is 2. The minimum absolute atomic E-state index is 0.0919. The molecule has 1 unspecified atom stereocenters. The summed E-state index contributed by atoms with van der Waals surface area (Å²) in [5, 5.41) is 6.15. The van der Waals surface area contributed by atoms with Crippen molar-refractivity contribution in [3.63, 3.8) is 0 Å². The Kier molecular flexibility index (Phi) is 7.25. The van der Waals surface area contributed by atoms with Gasteiger partial charge in [-0.25, -0.2) is 4.99 Å². The summed E-state index contributed by atoms with van der Waals surface area (Å²) in [5.74, 6) is 0.731. The van der Waals surface area contributed by atoms with Crippen molar-refractivity contribution in [2.45, 2.75) is 52.2 Å². The van der Waals surface area contributed by atoms with Crippen LogP contribution >= 0.6 is 0 Å². The fourth-order valence-electron chi connectivity index (χ4n) is 3.14. The molecule has 8 heteroatoms. The van der Waals surface area contributed by atoms with E-state index in [0.717, 1.165) is 25.3 Å². The summed E-state index contributed by atoms with van der Waals surface area (Å²) in [6, 6.07) is 0. The van der Waals surface area contributed by atoms with Gasteiger partial charge in [-0.3, -0.25) is 9.59 Å². The summed E-state index contributed by atoms with van der Waals surface area (Å²) >= 11 is 0. The Morgan fingerprint density at radius 2 is 1.81 bits per heavy atom. The molecule has 2 aliphatic heterocycles. The molecule has 26 heavy (non-hydrogen) atoms. The van der Waals surface area contributed by atoms with E-state index < -0.39 is 0 Å². The molecule has 2 amide bonds. The van der Waals surface area contributed by atoms with Gasteiger partial charge in [-0.2, -0.15) is 0 Å². The lowest BCUT2D eigenvalue weighted by Crippen LogP contribution is -2.55. The summed E-state index contributed by atoms with van der Waals surface area (Å²) in [6.07, 6.45) is 1.53. The van der Waals surface area contributed by atoms with Crippen molar-refractivity contribution in [1.82, 2.24) is 20.4 Å². The Bertz CT molecular complexity index is 515. The van der Waals surface area contributed by atoms with Gasteiger partial charge in [-0.05, 0) is 40.5 Å². The molecule has 0 aromatic carbocycles. The first kappa shape index (κ1) is 20.5. The van der Waals surface area contributed by atoms with Crippen molar-refractivity contribution in [1.29, 1.82) is 0 Å². The molecule has 0 saturated carbocycles. The Labute approximate surface area is 156 Å². The first-order valence-electron chi connectivity index (χ1n) is 9.55. The number of nitrogens with one attached hydrogen (secondary N) is 2. The number of hydrogen-bond donors (Lipinski definition) is 2. The van der Waals surface area contributed by atoms with Gasteiger partial charge in [0.25, 0.3) is 5.91 Å². The van der Waals surface area contributed by atoms with E-state index >= 15 is 0 Å². The molecule has 0 radical (unpaired) electrons. The van der Waals surface area contributed by atoms with Gasteiger partial charge >= 0.3 is 0 Å². The first-order chi connectivity index (χ1) is 12.3. The van der Waals surface area contributed by atoms with Gasteiger partial charge in [-0.15, -0.1) is 0 Å². The molecule has 2 saturated heterocycles. The van der Waals surface area contributed by atoms with Crippen molar-refractivity contribution in [3.8, 4) is 0 Å². The van der Waals surface area contributed by atoms with E-state index in [9.17, 15) is 9.59 Å². The summed E-state index contributed by atoms with van der Waals surface area (Å²) < 4.78 is 5.50. The lowest BCUT2D eigenvalue weighted by atomic mass is 10.1. The second-order valence-electron chi connectivity index (χ2n) is 7.78. The fraction of sp³-hybridized carbons (Fsp3) is 0.833. The van der Waals surface area contributed by atoms with E-state index in [1.807, 2.05) is 32.6 Å². The van der Waals surface area contributed by atoms with Gasteiger partial charge in [0.1, 0.15) is 12.6 Å². The maximum Gasteiger partial charge on any atom is 0.251 e. The van der Waals surface area contributed by atoms with E-state index in [4.69, 9.17) is 4.74 Å². The van der Waals surface area contributed by atoms with Gasteiger partial charge in [0.15, 0.2) is 5.96 Å². The highest BCUT2D eigenvalue weighted by atomic mass is 16.5. The fourth-order valence-corrected chi connectivity index (χ4v) is 3.14. The van der Waals surface area contributed by atoms with Crippen LogP contribution in [0.15, 0.2) is 4.99 Å². The highest BCUT2D eigenvalue weighted by molar-refractivity contribution is 5.86. The molecular formula is C18H33N5O3.